The molecule has 0 unspecified atom stereocenters. The predicted molar refractivity (Wildman–Crippen MR) is 80.7 cm³/mol. The first-order valence-electron chi connectivity index (χ1n) is 6.29. The zero-order valence-corrected chi connectivity index (χ0v) is 13.6. The maximum atomic E-state index is 12.2. The van der Waals surface area contributed by atoms with Crippen LogP contribution in [0.4, 0.5) is 17.3 Å². The lowest BCUT2D eigenvalue weighted by Gasteiger charge is -2.28. The summed E-state index contributed by atoms with van der Waals surface area (Å²) in [5, 5.41) is 20.9. The van der Waals surface area contributed by atoms with Crippen LogP contribution in [0.15, 0.2) is 18.2 Å². The van der Waals surface area contributed by atoms with Crippen molar-refractivity contribution in [3.8, 4) is 0 Å². The molecule has 0 aliphatic carbocycles. The van der Waals surface area contributed by atoms with E-state index >= 15 is 0 Å². The first-order chi connectivity index (χ1) is 10.3. The molecular formula is C11H15BClF4N5O. The van der Waals surface area contributed by atoms with Gasteiger partial charge in [0.15, 0.2) is 5.52 Å². The second-order valence-electron chi connectivity index (χ2n) is 5.17. The van der Waals surface area contributed by atoms with Crippen LogP contribution in [-0.2, 0) is 0 Å². The summed E-state index contributed by atoms with van der Waals surface area (Å²) in [6, 6.07) is 5.27. The van der Waals surface area contributed by atoms with Gasteiger partial charge in [0.05, 0.1) is 28.2 Å². The molecule has 0 bridgehead atoms. The first-order valence-corrected chi connectivity index (χ1v) is 6.67. The van der Waals surface area contributed by atoms with Crippen LogP contribution < -0.4 is 0 Å². The second kappa shape index (κ2) is 6.81. The van der Waals surface area contributed by atoms with Crippen molar-refractivity contribution in [3.63, 3.8) is 0 Å². The van der Waals surface area contributed by atoms with Crippen molar-refractivity contribution in [1.82, 2.24) is 15.0 Å². The highest BCUT2D eigenvalue weighted by Crippen LogP contribution is 2.18. The van der Waals surface area contributed by atoms with E-state index in [0.717, 1.165) is 0 Å². The van der Waals surface area contributed by atoms with Crippen molar-refractivity contribution in [2.75, 3.05) is 28.2 Å². The van der Waals surface area contributed by atoms with Crippen LogP contribution in [-0.4, -0.2) is 65.6 Å². The van der Waals surface area contributed by atoms with Crippen LogP contribution in [0.3, 0.4) is 0 Å². The molecule has 12 heteroatoms. The lowest BCUT2D eigenvalue weighted by molar-refractivity contribution is -0.777. The van der Waals surface area contributed by atoms with E-state index in [1.165, 1.54) is 18.8 Å². The third-order valence-corrected chi connectivity index (χ3v) is 2.71. The fourth-order valence-corrected chi connectivity index (χ4v) is 2.11. The largest absolute Gasteiger partial charge is 0.673 e. The van der Waals surface area contributed by atoms with E-state index in [0.29, 0.717) is 22.0 Å². The lowest BCUT2D eigenvalue weighted by atomic mass is 10.3. The molecule has 0 atom stereocenters. The van der Waals surface area contributed by atoms with Crippen LogP contribution in [0.25, 0.3) is 11.0 Å². The van der Waals surface area contributed by atoms with Crippen molar-refractivity contribution < 1.29 is 26.5 Å². The number of rotatable bonds is 0. The predicted octanol–water partition coefficient (Wildman–Crippen LogP) is 2.44. The smallest absolute Gasteiger partial charge is 0.622 e. The summed E-state index contributed by atoms with van der Waals surface area (Å²) in [6.45, 7) is 0. The van der Waals surface area contributed by atoms with Crippen molar-refractivity contribution in [2.45, 2.75) is 0 Å². The number of hydrogen-bond donors (Lipinski definition) is 0. The van der Waals surface area contributed by atoms with E-state index in [-0.39, 0.29) is 0 Å². The Hall–Kier alpha value is -1.72. The Morgan fingerprint density at radius 2 is 1.78 bits per heavy atom. The number of quaternary nitrogens is 1. The summed E-state index contributed by atoms with van der Waals surface area (Å²) in [4.78, 5) is 0. The van der Waals surface area contributed by atoms with E-state index in [9.17, 15) is 22.5 Å². The molecule has 6 nitrogen and oxygen atoms in total. The molecule has 23 heavy (non-hydrogen) atoms. The van der Waals surface area contributed by atoms with Gasteiger partial charge in [0.25, 0.3) is 0 Å². The average Bonchev–Trinajstić information content (AvgIpc) is 2.68. The average molecular weight is 356 g/mol. The minimum absolute atomic E-state index is 0.458. The highest BCUT2D eigenvalue weighted by atomic mass is 35.5. The minimum Gasteiger partial charge on any atom is -0.622 e. The molecule has 0 radical (unpaired) electrons. The SMILES string of the molecule is C[N+](C)=C(n1nnc2ccc(Cl)cc21)[N+](C)(C)[O-].F[B-](F)(F)F. The summed E-state index contributed by atoms with van der Waals surface area (Å²) in [5.74, 6) is 0.458. The number of aromatic nitrogens is 3. The van der Waals surface area contributed by atoms with E-state index in [1.54, 1.807) is 36.9 Å². The van der Waals surface area contributed by atoms with Crippen LogP contribution in [0, 0.1) is 5.21 Å². The van der Waals surface area contributed by atoms with Crippen LogP contribution in [0.2, 0.25) is 5.02 Å². The summed E-state index contributed by atoms with van der Waals surface area (Å²) >= 11 is 5.97. The molecule has 1 heterocycles. The van der Waals surface area contributed by atoms with Crippen molar-refractivity contribution >= 4 is 35.8 Å². The third kappa shape index (κ3) is 5.77. The van der Waals surface area contributed by atoms with Gasteiger partial charge >= 0.3 is 13.2 Å². The fraction of sp³-hybridized carbons (Fsp3) is 0.364. The van der Waals surface area contributed by atoms with E-state index < -0.39 is 11.9 Å². The maximum absolute atomic E-state index is 12.2. The monoisotopic (exact) mass is 355 g/mol. The Balaban J connectivity index is 0.000000463. The summed E-state index contributed by atoms with van der Waals surface area (Å²) in [6.07, 6.45) is 0. The molecule has 2 rings (SSSR count). The molecule has 0 saturated carbocycles. The summed E-state index contributed by atoms with van der Waals surface area (Å²) < 4.78 is 41.6. The van der Waals surface area contributed by atoms with Gasteiger partial charge in [0.2, 0.25) is 0 Å². The molecule has 0 saturated heterocycles. The molecule has 1 aromatic carbocycles. The highest BCUT2D eigenvalue weighted by Gasteiger charge is 2.30. The number of halogens is 5. The van der Waals surface area contributed by atoms with Gasteiger partial charge in [-0.05, 0) is 16.8 Å². The van der Waals surface area contributed by atoms with Gasteiger partial charge in [-0.15, -0.1) is 5.10 Å². The Morgan fingerprint density at radius 1 is 1.26 bits per heavy atom. The Bertz CT molecular complexity index is 715. The topological polar surface area (TPSA) is 56.8 Å². The van der Waals surface area contributed by atoms with Gasteiger partial charge < -0.3 is 22.5 Å². The molecule has 0 aliphatic rings. The van der Waals surface area contributed by atoms with Gasteiger partial charge in [0, 0.05) is 16.3 Å². The molecule has 1 aromatic heterocycles. The van der Waals surface area contributed by atoms with Crippen LogP contribution in [0.5, 0.6) is 0 Å². The standard InChI is InChI=1S/C11H15ClN5O.BF4/c1-15(2)11(17(3,4)18)16-10-7-8(12)5-6-9(10)13-14-16;2-1(3,4)5/h5-7H,1-4H3;/q+1;-1. The normalized spacial score (nSPS) is 11.9. The highest BCUT2D eigenvalue weighted by molar-refractivity contribution is 6.50. The summed E-state index contributed by atoms with van der Waals surface area (Å²) in [7, 11) is 0.664. The van der Waals surface area contributed by atoms with E-state index in [2.05, 4.69) is 10.3 Å². The zero-order valence-electron chi connectivity index (χ0n) is 12.8. The first kappa shape index (κ1) is 19.3. The van der Waals surface area contributed by atoms with Crippen molar-refractivity contribution in [2.24, 2.45) is 0 Å². The van der Waals surface area contributed by atoms with Gasteiger partial charge in [0.1, 0.15) is 5.52 Å². The molecule has 0 aliphatic heterocycles. The molecule has 0 spiro atoms. The van der Waals surface area contributed by atoms with E-state index in [1.807, 2.05) is 0 Å². The Labute approximate surface area is 134 Å². The van der Waals surface area contributed by atoms with Gasteiger partial charge in [-0.25, -0.2) is 4.58 Å². The van der Waals surface area contributed by atoms with Crippen molar-refractivity contribution in [3.05, 3.63) is 28.4 Å². The molecular weight excluding hydrogens is 340 g/mol. The van der Waals surface area contributed by atoms with Crippen LogP contribution >= 0.6 is 11.6 Å². The quantitative estimate of drug-likeness (QED) is 0.139. The molecule has 0 amide bonds. The Morgan fingerprint density at radius 3 is 2.22 bits per heavy atom. The molecule has 2 aromatic rings. The zero-order chi connectivity index (χ0) is 18.0. The lowest BCUT2D eigenvalue weighted by Crippen LogP contribution is -2.48. The fourth-order valence-electron chi connectivity index (χ4n) is 1.94. The summed E-state index contributed by atoms with van der Waals surface area (Å²) in [5.41, 5.74) is 1.42. The number of benzene rings is 1. The maximum Gasteiger partial charge on any atom is 0.673 e. The van der Waals surface area contributed by atoms with Gasteiger partial charge in [-0.3, -0.25) is 4.65 Å². The van der Waals surface area contributed by atoms with Crippen LogP contribution in [0.1, 0.15) is 0 Å². The molecule has 128 valence electrons. The number of hydrogen-bond acceptors (Lipinski definition) is 3. The number of fused-ring (bicyclic) bond motifs is 1. The van der Waals surface area contributed by atoms with Gasteiger partial charge in [-0.1, -0.05) is 11.6 Å². The third-order valence-electron chi connectivity index (χ3n) is 2.48. The van der Waals surface area contributed by atoms with Gasteiger partial charge in [-0.2, -0.15) is 0 Å². The molecule has 0 fully saturated rings. The second-order valence-corrected chi connectivity index (χ2v) is 5.61. The molecule has 0 N–H and O–H groups in total. The minimum atomic E-state index is -6.00. The van der Waals surface area contributed by atoms with E-state index in [4.69, 9.17) is 11.6 Å². The number of nitrogens with zero attached hydrogens (tertiary/aromatic N) is 5. The van der Waals surface area contributed by atoms with Crippen molar-refractivity contribution in [1.29, 1.82) is 0 Å². The number of hydroxylamine groups is 3. The Kier molecular flexibility index (Phi) is 5.72.